The molecule has 2 amide bonds. The van der Waals surface area contributed by atoms with Gasteiger partial charge >= 0.3 is 5.97 Å². The Hall–Kier alpha value is -2.71. The summed E-state index contributed by atoms with van der Waals surface area (Å²) in [6.45, 7) is 3.75. The van der Waals surface area contributed by atoms with Gasteiger partial charge in [0.1, 0.15) is 11.4 Å². The normalized spacial score (nSPS) is 10.4. The van der Waals surface area contributed by atoms with Crippen molar-refractivity contribution in [2.45, 2.75) is 33.1 Å². The number of hydrazine groups is 1. The maximum Gasteiger partial charge on any atom is 0.339 e. The van der Waals surface area contributed by atoms with Crippen molar-refractivity contribution in [3.8, 4) is 5.75 Å². The zero-order valence-corrected chi connectivity index (χ0v) is 18.4. The number of nitrogens with one attached hydrogen (secondary N) is 3. The van der Waals surface area contributed by atoms with Crippen molar-refractivity contribution in [3.05, 3.63) is 50.8 Å². The molecule has 2 aromatic rings. The maximum absolute atomic E-state index is 12.4. The number of esters is 1. The lowest BCUT2D eigenvalue weighted by molar-refractivity contribution is -0.122. The first-order valence-corrected chi connectivity index (χ1v) is 10.0. The first-order valence-electron chi connectivity index (χ1n) is 9.25. The Balaban J connectivity index is 1.82. The molecule has 1 aromatic heterocycles. The summed E-state index contributed by atoms with van der Waals surface area (Å²) in [5.41, 5.74) is 6.24. The number of rotatable bonds is 8. The molecule has 0 fully saturated rings. The molecule has 1 heterocycles. The molecule has 162 valence electrons. The summed E-state index contributed by atoms with van der Waals surface area (Å²) in [4.78, 5) is 39.2. The Morgan fingerprint density at radius 3 is 2.53 bits per heavy atom. The predicted octanol–water partition coefficient (Wildman–Crippen LogP) is 3.60. The van der Waals surface area contributed by atoms with Crippen LogP contribution in [0.5, 0.6) is 5.75 Å². The van der Waals surface area contributed by atoms with Crippen LogP contribution in [0, 0.1) is 6.92 Å². The average Bonchev–Trinajstić information content (AvgIpc) is 3.06. The Kier molecular flexibility index (Phi) is 8.56. The lowest BCUT2D eigenvalue weighted by atomic mass is 10.1. The first kappa shape index (κ1) is 23.6. The fraction of sp³-hybridized carbons (Fsp3) is 0.350. The number of hydrogen-bond donors (Lipinski definition) is 3. The number of carbonyl (C=O) groups excluding carboxylic acids is 3. The van der Waals surface area contributed by atoms with E-state index in [1.807, 2.05) is 6.92 Å². The molecule has 0 unspecified atom stereocenters. The molecule has 0 spiro atoms. The molecule has 2 rings (SSSR count). The molecule has 10 heteroatoms. The molecule has 0 atom stereocenters. The number of methoxy groups -OCH3 is 1. The lowest BCUT2D eigenvalue weighted by Crippen LogP contribution is -2.42. The zero-order valence-electron chi connectivity index (χ0n) is 16.9. The number of aromatic nitrogens is 1. The largest absolute Gasteiger partial charge is 0.492 e. The minimum absolute atomic E-state index is 0.128. The third-order valence-corrected chi connectivity index (χ3v) is 4.84. The van der Waals surface area contributed by atoms with Crippen LogP contribution in [0.2, 0.25) is 10.0 Å². The second-order valence-corrected chi connectivity index (χ2v) is 7.20. The van der Waals surface area contributed by atoms with Gasteiger partial charge in [0.25, 0.3) is 5.91 Å². The van der Waals surface area contributed by atoms with Crippen molar-refractivity contribution >= 4 is 41.0 Å². The smallest absolute Gasteiger partial charge is 0.339 e. The average molecular weight is 456 g/mol. The fourth-order valence-electron chi connectivity index (χ4n) is 2.79. The minimum atomic E-state index is -0.560. The Morgan fingerprint density at radius 1 is 1.17 bits per heavy atom. The third kappa shape index (κ3) is 5.90. The van der Waals surface area contributed by atoms with Crippen LogP contribution in [-0.4, -0.2) is 36.5 Å². The van der Waals surface area contributed by atoms with Crippen molar-refractivity contribution in [3.63, 3.8) is 0 Å². The Labute approximate surface area is 184 Å². The van der Waals surface area contributed by atoms with Gasteiger partial charge in [-0.05, 0) is 43.5 Å². The number of ether oxygens (including phenoxy) is 2. The topological polar surface area (TPSA) is 110 Å². The number of hydrogen-bond acceptors (Lipinski definition) is 5. The molecule has 0 aliphatic rings. The summed E-state index contributed by atoms with van der Waals surface area (Å²) < 4.78 is 10.3. The van der Waals surface area contributed by atoms with Gasteiger partial charge in [0, 0.05) is 17.1 Å². The van der Waals surface area contributed by atoms with Crippen LogP contribution in [0.4, 0.5) is 0 Å². The second kappa shape index (κ2) is 10.9. The van der Waals surface area contributed by atoms with Crippen LogP contribution in [0.1, 0.15) is 51.9 Å². The van der Waals surface area contributed by atoms with E-state index in [4.69, 9.17) is 32.7 Å². The number of amides is 2. The first-order chi connectivity index (χ1) is 14.3. The van der Waals surface area contributed by atoms with E-state index in [1.54, 1.807) is 25.1 Å². The standard InChI is InChI=1S/C20H23Cl2N3O5/c1-4-14-17(20(28)29-3)11(2)18(23-14)19(27)25-24-16(26)6-5-9-30-15-8-7-12(21)10-13(15)22/h7-8,10,23H,4-6,9H2,1-3H3,(H,24,26)(H,25,27). The van der Waals surface area contributed by atoms with Crippen LogP contribution < -0.4 is 15.6 Å². The molecule has 1 aromatic carbocycles. The highest BCUT2D eigenvalue weighted by molar-refractivity contribution is 6.35. The van der Waals surface area contributed by atoms with Gasteiger partial charge in [-0.25, -0.2) is 4.79 Å². The van der Waals surface area contributed by atoms with Gasteiger partial charge in [0.2, 0.25) is 5.91 Å². The SMILES string of the molecule is CCc1[nH]c(C(=O)NNC(=O)CCCOc2ccc(Cl)cc2Cl)c(C)c1C(=O)OC. The van der Waals surface area contributed by atoms with Gasteiger partial charge in [0.15, 0.2) is 0 Å². The summed E-state index contributed by atoms with van der Waals surface area (Å²) in [6.07, 6.45) is 1.06. The summed E-state index contributed by atoms with van der Waals surface area (Å²) >= 11 is 11.8. The molecule has 30 heavy (non-hydrogen) atoms. The molecule has 0 saturated carbocycles. The molecule has 3 N–H and O–H groups in total. The van der Waals surface area contributed by atoms with Crippen LogP contribution in [0.25, 0.3) is 0 Å². The van der Waals surface area contributed by atoms with Gasteiger partial charge in [-0.3, -0.25) is 20.4 Å². The number of benzene rings is 1. The monoisotopic (exact) mass is 455 g/mol. The highest BCUT2D eigenvalue weighted by Gasteiger charge is 2.23. The summed E-state index contributed by atoms with van der Waals surface area (Å²) in [5.74, 6) is -0.994. The second-order valence-electron chi connectivity index (χ2n) is 6.35. The van der Waals surface area contributed by atoms with E-state index in [0.29, 0.717) is 45.5 Å². The summed E-state index contributed by atoms with van der Waals surface area (Å²) in [6, 6.07) is 4.87. The Morgan fingerprint density at radius 2 is 1.90 bits per heavy atom. The molecule has 0 aliphatic carbocycles. The van der Waals surface area contributed by atoms with Gasteiger partial charge in [0.05, 0.1) is 24.3 Å². The van der Waals surface area contributed by atoms with E-state index in [9.17, 15) is 14.4 Å². The molecule has 8 nitrogen and oxygen atoms in total. The summed E-state index contributed by atoms with van der Waals surface area (Å²) in [5, 5.41) is 0.892. The van der Waals surface area contributed by atoms with Gasteiger partial charge in [-0.1, -0.05) is 30.1 Å². The van der Waals surface area contributed by atoms with Gasteiger partial charge in [-0.2, -0.15) is 0 Å². The van der Waals surface area contributed by atoms with E-state index in [1.165, 1.54) is 7.11 Å². The van der Waals surface area contributed by atoms with E-state index in [2.05, 4.69) is 15.8 Å². The maximum atomic E-state index is 12.4. The van der Waals surface area contributed by atoms with Crippen LogP contribution in [0.3, 0.4) is 0 Å². The van der Waals surface area contributed by atoms with Gasteiger partial charge in [-0.15, -0.1) is 0 Å². The molecular weight excluding hydrogens is 433 g/mol. The quantitative estimate of drug-likeness (QED) is 0.320. The van der Waals surface area contributed by atoms with Crippen molar-refractivity contribution in [2.75, 3.05) is 13.7 Å². The highest BCUT2D eigenvalue weighted by Crippen LogP contribution is 2.27. The van der Waals surface area contributed by atoms with E-state index >= 15 is 0 Å². The molecule has 0 aliphatic heterocycles. The van der Waals surface area contributed by atoms with Crippen LogP contribution in [-0.2, 0) is 16.0 Å². The van der Waals surface area contributed by atoms with Crippen molar-refractivity contribution in [1.29, 1.82) is 0 Å². The number of carbonyl (C=O) groups is 3. The number of H-pyrrole nitrogens is 1. The van der Waals surface area contributed by atoms with Crippen LogP contribution in [0.15, 0.2) is 18.2 Å². The Bertz CT molecular complexity index is 943. The minimum Gasteiger partial charge on any atom is -0.492 e. The predicted molar refractivity (Wildman–Crippen MR) is 113 cm³/mol. The van der Waals surface area contributed by atoms with Crippen LogP contribution >= 0.6 is 23.2 Å². The fourth-order valence-corrected chi connectivity index (χ4v) is 3.25. The molecule has 0 bridgehead atoms. The lowest BCUT2D eigenvalue weighted by Gasteiger charge is -2.09. The van der Waals surface area contributed by atoms with Gasteiger partial charge < -0.3 is 14.5 Å². The number of aryl methyl sites for hydroxylation is 1. The number of halogens is 2. The summed E-state index contributed by atoms with van der Waals surface area (Å²) in [7, 11) is 1.28. The van der Waals surface area contributed by atoms with E-state index < -0.39 is 11.9 Å². The third-order valence-electron chi connectivity index (χ3n) is 4.31. The van der Waals surface area contributed by atoms with Crippen molar-refractivity contribution < 1.29 is 23.9 Å². The molecular formula is C20H23Cl2N3O5. The van der Waals surface area contributed by atoms with E-state index in [-0.39, 0.29) is 24.6 Å². The van der Waals surface area contributed by atoms with E-state index in [0.717, 1.165) is 0 Å². The van der Waals surface area contributed by atoms with Crippen molar-refractivity contribution in [1.82, 2.24) is 15.8 Å². The highest BCUT2D eigenvalue weighted by atomic mass is 35.5. The number of aromatic amines is 1. The van der Waals surface area contributed by atoms with Crippen molar-refractivity contribution in [2.24, 2.45) is 0 Å². The molecule has 0 saturated heterocycles. The zero-order chi connectivity index (χ0) is 22.3. The molecule has 0 radical (unpaired) electrons.